The number of aromatic nitrogens is 3. The van der Waals surface area contributed by atoms with Crippen LogP contribution in [0.3, 0.4) is 0 Å². The van der Waals surface area contributed by atoms with Gasteiger partial charge in [0.1, 0.15) is 5.75 Å². The summed E-state index contributed by atoms with van der Waals surface area (Å²) in [6.45, 7) is 6.99. The van der Waals surface area contributed by atoms with Crippen LogP contribution in [0.4, 0.5) is 0 Å². The van der Waals surface area contributed by atoms with Crippen molar-refractivity contribution in [2.45, 2.75) is 27.7 Å². The van der Waals surface area contributed by atoms with Gasteiger partial charge in [-0.25, -0.2) is 0 Å². The fourth-order valence-electron chi connectivity index (χ4n) is 4.25. The Balaban J connectivity index is 0.000000444. The first-order valence-electron chi connectivity index (χ1n) is 11.9. The zero-order valence-corrected chi connectivity index (χ0v) is 24.4. The molecule has 0 fully saturated rings. The molecule has 1 N–H and O–H groups in total. The quantitative estimate of drug-likeness (QED) is 0.124. The number of hydrogen-bond acceptors (Lipinski definition) is 4. The average Bonchev–Trinajstić information content (AvgIpc) is 3.56. The first kappa shape index (κ1) is 28.6. The number of hydrogen-bond donors (Lipinski definition) is 1. The van der Waals surface area contributed by atoms with Crippen molar-refractivity contribution in [2.24, 2.45) is 0 Å². The summed E-state index contributed by atoms with van der Waals surface area (Å²) in [4.78, 5) is 15.0. The maximum absolute atomic E-state index is 10.0. The summed E-state index contributed by atoms with van der Waals surface area (Å²) in [5.74, 6) is 0.684. The molecule has 6 nitrogen and oxygen atoms in total. The van der Waals surface area contributed by atoms with E-state index in [0.717, 1.165) is 44.8 Å². The zero-order valence-electron chi connectivity index (χ0n) is 22.0. The number of ketones is 1. The van der Waals surface area contributed by atoms with Crippen LogP contribution in [-0.2, 0) is 24.9 Å². The Hall–Kier alpha value is -3.93. The van der Waals surface area contributed by atoms with Crippen LogP contribution in [0.1, 0.15) is 25.0 Å². The molecular formula is C31H30IrN3O3-. The molecule has 7 heteroatoms. The van der Waals surface area contributed by atoms with Crippen molar-refractivity contribution in [3.63, 3.8) is 0 Å². The average molecular weight is 685 g/mol. The molecule has 3 aromatic heterocycles. The summed E-state index contributed by atoms with van der Waals surface area (Å²) >= 11 is 0. The van der Waals surface area contributed by atoms with Crippen LogP contribution >= 0.6 is 0 Å². The van der Waals surface area contributed by atoms with Crippen LogP contribution < -0.4 is 4.74 Å². The van der Waals surface area contributed by atoms with Crippen molar-refractivity contribution < 1.29 is 34.7 Å². The Morgan fingerprint density at radius 3 is 1.97 bits per heavy atom. The fourth-order valence-corrected chi connectivity index (χ4v) is 4.25. The zero-order chi connectivity index (χ0) is 26.5. The Morgan fingerprint density at radius 2 is 1.50 bits per heavy atom. The SMILES string of the molecule is CC(=O)/C=C(/C)O.COc1cc2cc(-n3cccc3)c(-n3cccc3)cc2nc1-c1[c-]c(C)cc(C)c1.[Ir]. The molecule has 5 aromatic rings. The molecule has 0 saturated heterocycles. The monoisotopic (exact) mass is 685 g/mol. The van der Waals surface area contributed by atoms with Crippen LogP contribution in [0, 0.1) is 19.9 Å². The van der Waals surface area contributed by atoms with Gasteiger partial charge in [-0.1, -0.05) is 13.8 Å². The van der Waals surface area contributed by atoms with Gasteiger partial charge in [0.15, 0.2) is 5.78 Å². The molecule has 38 heavy (non-hydrogen) atoms. The van der Waals surface area contributed by atoms with E-state index in [1.54, 1.807) is 7.11 Å². The van der Waals surface area contributed by atoms with Gasteiger partial charge in [-0.2, -0.15) is 0 Å². The number of allylic oxidation sites excluding steroid dienone is 2. The van der Waals surface area contributed by atoms with E-state index in [9.17, 15) is 4.79 Å². The minimum Gasteiger partial charge on any atom is -0.512 e. The summed E-state index contributed by atoms with van der Waals surface area (Å²) in [7, 11) is 1.69. The smallest absolute Gasteiger partial charge is 0.155 e. The molecule has 0 bridgehead atoms. The predicted octanol–water partition coefficient (Wildman–Crippen LogP) is 6.94. The molecule has 0 saturated carbocycles. The van der Waals surface area contributed by atoms with Crippen LogP contribution in [0.5, 0.6) is 5.75 Å². The molecule has 0 aliphatic carbocycles. The van der Waals surface area contributed by atoms with Crippen molar-refractivity contribution in [1.82, 2.24) is 14.1 Å². The van der Waals surface area contributed by atoms with Gasteiger partial charge < -0.3 is 19.0 Å². The van der Waals surface area contributed by atoms with E-state index in [4.69, 9.17) is 14.8 Å². The summed E-state index contributed by atoms with van der Waals surface area (Å²) in [6, 6.07) is 22.1. The van der Waals surface area contributed by atoms with Gasteiger partial charge in [-0.3, -0.25) is 9.78 Å². The largest absolute Gasteiger partial charge is 0.512 e. The van der Waals surface area contributed by atoms with Crippen molar-refractivity contribution in [1.29, 1.82) is 0 Å². The number of aliphatic hydroxyl groups is 1. The standard InChI is InChI=1S/C26H22N3O.C5H8O2.Ir/c1-18-12-19(2)14-21(13-18)26-25(30-3)16-20-15-23(28-8-4-5-9-28)24(17-22(20)27-26)29-10-6-7-11-29;1-4(6)3-5(2)7;/h4-13,15-17H,1-3H3;3,6H,1-2H3;/q-1;;/b;4-3-;. The number of nitrogens with zero attached hydrogens (tertiary/aromatic N) is 3. The van der Waals surface area contributed by atoms with Crippen LogP contribution in [0.25, 0.3) is 33.5 Å². The van der Waals surface area contributed by atoms with Gasteiger partial charge >= 0.3 is 0 Å². The topological polar surface area (TPSA) is 69.3 Å². The number of aryl methyl sites for hydroxylation is 2. The van der Waals surface area contributed by atoms with Crippen molar-refractivity contribution in [2.75, 3.05) is 7.11 Å². The van der Waals surface area contributed by atoms with Gasteiger partial charge in [0, 0.05) is 62.0 Å². The number of ether oxygens (including phenoxy) is 1. The maximum atomic E-state index is 10.0. The molecule has 0 spiro atoms. The molecule has 0 amide bonds. The van der Waals surface area contributed by atoms with E-state index in [1.165, 1.54) is 25.5 Å². The molecule has 5 rings (SSSR count). The van der Waals surface area contributed by atoms with Gasteiger partial charge in [0.25, 0.3) is 0 Å². The third-order valence-electron chi connectivity index (χ3n) is 5.68. The number of fused-ring (bicyclic) bond motifs is 1. The third-order valence-corrected chi connectivity index (χ3v) is 5.68. The van der Waals surface area contributed by atoms with Crippen molar-refractivity contribution in [3.8, 4) is 28.4 Å². The number of methoxy groups -OCH3 is 1. The molecule has 2 aromatic carbocycles. The van der Waals surface area contributed by atoms with E-state index in [0.29, 0.717) is 0 Å². The molecule has 1 radical (unpaired) electrons. The number of aliphatic hydroxyl groups excluding tert-OH is 1. The van der Waals surface area contributed by atoms with Gasteiger partial charge in [0.2, 0.25) is 0 Å². The van der Waals surface area contributed by atoms with E-state index >= 15 is 0 Å². The first-order chi connectivity index (χ1) is 17.7. The van der Waals surface area contributed by atoms with E-state index in [2.05, 4.69) is 84.2 Å². The van der Waals surface area contributed by atoms with Crippen LogP contribution in [0.2, 0.25) is 0 Å². The summed E-state index contributed by atoms with van der Waals surface area (Å²) in [6.07, 6.45) is 9.38. The van der Waals surface area contributed by atoms with E-state index < -0.39 is 0 Å². The molecule has 0 atom stereocenters. The second kappa shape index (κ2) is 12.5. The molecule has 3 heterocycles. The minimum absolute atomic E-state index is 0. The second-order valence-corrected chi connectivity index (χ2v) is 8.90. The summed E-state index contributed by atoms with van der Waals surface area (Å²) in [5, 5.41) is 9.39. The van der Waals surface area contributed by atoms with Crippen molar-refractivity contribution >= 4 is 16.7 Å². The second-order valence-electron chi connectivity index (χ2n) is 8.90. The Labute approximate surface area is 236 Å². The maximum Gasteiger partial charge on any atom is 0.155 e. The van der Waals surface area contributed by atoms with Gasteiger partial charge in [0.05, 0.1) is 29.8 Å². The molecule has 0 aliphatic heterocycles. The Bertz CT molecular complexity index is 1550. The predicted molar refractivity (Wildman–Crippen MR) is 148 cm³/mol. The third kappa shape index (κ3) is 6.68. The number of pyridine rings is 1. The van der Waals surface area contributed by atoms with Crippen molar-refractivity contribution in [3.05, 3.63) is 108 Å². The molecular weight excluding hydrogens is 655 g/mol. The minimum atomic E-state index is -0.125. The molecule has 0 aliphatic rings. The molecule has 197 valence electrons. The number of carbonyl (C=O) groups excluding carboxylic acids is 1. The molecule has 0 unspecified atom stereocenters. The number of benzene rings is 2. The normalized spacial score (nSPS) is 10.9. The van der Waals surface area contributed by atoms with Gasteiger partial charge in [-0.05, 0) is 56.3 Å². The van der Waals surface area contributed by atoms with Crippen LogP contribution in [-0.4, -0.2) is 32.1 Å². The number of rotatable bonds is 5. The Kier molecular flexibility index (Phi) is 9.45. The van der Waals surface area contributed by atoms with Crippen LogP contribution in [0.15, 0.2) is 91.2 Å². The first-order valence-corrected chi connectivity index (χ1v) is 11.9. The van der Waals surface area contributed by atoms with E-state index in [1.807, 2.05) is 24.3 Å². The number of carbonyl (C=O) groups is 1. The summed E-state index contributed by atoms with van der Waals surface area (Å²) < 4.78 is 9.96. The summed E-state index contributed by atoms with van der Waals surface area (Å²) in [5.41, 5.74) is 7.09. The Morgan fingerprint density at radius 1 is 0.921 bits per heavy atom. The van der Waals surface area contributed by atoms with E-state index in [-0.39, 0.29) is 31.6 Å². The fraction of sp³-hybridized carbons (Fsp3) is 0.161. The van der Waals surface area contributed by atoms with Gasteiger partial charge in [-0.15, -0.1) is 34.9 Å².